The molecule has 1 rings (SSSR count). The van der Waals surface area contributed by atoms with Crippen molar-refractivity contribution in [1.29, 1.82) is 0 Å². The second kappa shape index (κ2) is 9.28. The number of alkyl halides is 1. The molecule has 108 valence electrons. The molecule has 0 bridgehead atoms. The van der Waals surface area contributed by atoms with Crippen molar-refractivity contribution in [3.8, 4) is 5.75 Å². The van der Waals surface area contributed by atoms with Crippen LogP contribution < -0.4 is 34.3 Å². The largest absolute Gasteiger partial charge is 1.00 e. The first-order valence-electron chi connectivity index (χ1n) is 6.19. The fourth-order valence-electron chi connectivity index (χ4n) is 1.76. The van der Waals surface area contributed by atoms with Gasteiger partial charge in [0.1, 0.15) is 15.9 Å². The van der Waals surface area contributed by atoms with Gasteiger partial charge < -0.3 is 9.29 Å². The van der Waals surface area contributed by atoms with E-state index in [9.17, 15) is 13.0 Å². The van der Waals surface area contributed by atoms with E-state index in [0.717, 1.165) is 19.3 Å². The van der Waals surface area contributed by atoms with E-state index in [4.69, 9.17) is 16.3 Å². The summed E-state index contributed by atoms with van der Waals surface area (Å²) in [5.41, 5.74) is 0. The summed E-state index contributed by atoms with van der Waals surface area (Å²) < 4.78 is 37.9. The van der Waals surface area contributed by atoms with Crippen LogP contribution in [-0.2, 0) is 10.1 Å². The van der Waals surface area contributed by atoms with Crippen LogP contribution in [0.3, 0.4) is 0 Å². The Hall–Kier alpha value is 0.220. The quantitative estimate of drug-likeness (QED) is 0.406. The average molecular weight is 329 g/mol. The minimum atomic E-state index is -4.40. The predicted molar refractivity (Wildman–Crippen MR) is 73.7 cm³/mol. The monoisotopic (exact) mass is 328 g/mol. The van der Waals surface area contributed by atoms with Gasteiger partial charge in [0, 0.05) is 11.8 Å². The molecule has 0 N–H and O–H groups in total. The molecule has 0 saturated carbocycles. The van der Waals surface area contributed by atoms with Gasteiger partial charge in [-0.15, -0.1) is 11.6 Å². The second-order valence-corrected chi connectivity index (χ2v) is 6.47. The zero-order chi connectivity index (χ0) is 14.5. The number of benzene rings is 1. The van der Waals surface area contributed by atoms with Crippen LogP contribution in [0, 0.1) is 0 Å². The van der Waals surface area contributed by atoms with Crippen LogP contribution in [0.1, 0.15) is 33.1 Å². The SMILES string of the molecule is CCCC(Cl)CC(C)Oc1ccc(S(=O)(=O)[O-])cc1.[Na+]. The number of halogens is 1. The molecular formula is C13H18ClNaO4S. The van der Waals surface area contributed by atoms with Crippen LogP contribution in [0.25, 0.3) is 0 Å². The summed E-state index contributed by atoms with van der Waals surface area (Å²) >= 11 is 6.13. The summed E-state index contributed by atoms with van der Waals surface area (Å²) in [6, 6.07) is 5.44. The van der Waals surface area contributed by atoms with Crippen LogP contribution in [0.4, 0.5) is 0 Å². The topological polar surface area (TPSA) is 66.4 Å². The molecule has 0 amide bonds. The summed E-state index contributed by atoms with van der Waals surface area (Å²) in [7, 11) is -4.40. The minimum absolute atomic E-state index is 0. The number of hydrogen-bond acceptors (Lipinski definition) is 4. The van der Waals surface area contributed by atoms with Crippen LogP contribution in [0.15, 0.2) is 29.2 Å². The Morgan fingerprint density at radius 3 is 2.30 bits per heavy atom. The molecule has 1 aromatic rings. The van der Waals surface area contributed by atoms with E-state index in [2.05, 4.69) is 6.92 Å². The van der Waals surface area contributed by atoms with E-state index >= 15 is 0 Å². The van der Waals surface area contributed by atoms with Crippen LogP contribution in [0.2, 0.25) is 0 Å². The van der Waals surface area contributed by atoms with Crippen molar-refractivity contribution in [1.82, 2.24) is 0 Å². The Kier molecular flexibility index (Phi) is 9.38. The molecule has 0 radical (unpaired) electrons. The van der Waals surface area contributed by atoms with Crippen molar-refractivity contribution in [3.05, 3.63) is 24.3 Å². The Balaban J connectivity index is 0.00000361. The summed E-state index contributed by atoms with van der Waals surface area (Å²) in [6.45, 7) is 3.98. The van der Waals surface area contributed by atoms with E-state index < -0.39 is 10.1 Å². The molecule has 0 fully saturated rings. The maximum absolute atomic E-state index is 10.8. The third kappa shape index (κ3) is 7.29. The van der Waals surface area contributed by atoms with Gasteiger partial charge in [0.2, 0.25) is 0 Å². The number of hydrogen-bond donors (Lipinski definition) is 0. The van der Waals surface area contributed by atoms with Crippen molar-refractivity contribution in [2.45, 2.75) is 49.5 Å². The Morgan fingerprint density at radius 1 is 1.30 bits per heavy atom. The van der Waals surface area contributed by atoms with Crippen molar-refractivity contribution >= 4 is 21.7 Å². The summed E-state index contributed by atoms with van der Waals surface area (Å²) in [4.78, 5) is -0.256. The molecule has 0 aliphatic heterocycles. The molecule has 7 heteroatoms. The van der Waals surface area contributed by atoms with Gasteiger partial charge in [-0.2, -0.15) is 0 Å². The zero-order valence-corrected chi connectivity index (χ0v) is 15.6. The first-order valence-corrected chi connectivity index (χ1v) is 8.04. The molecule has 0 aliphatic rings. The standard InChI is InChI=1S/C13H19ClO4S.Na/c1-3-4-11(14)9-10(2)18-12-5-7-13(8-6-12)19(15,16)17;/h5-8,10-11H,3-4,9H2,1-2H3,(H,15,16,17);/q;+1/p-1. The van der Waals surface area contributed by atoms with E-state index in [1.807, 2.05) is 6.92 Å². The van der Waals surface area contributed by atoms with E-state index in [-0.39, 0.29) is 45.9 Å². The Labute approximate surface area is 147 Å². The molecular weight excluding hydrogens is 311 g/mol. The number of rotatable bonds is 7. The van der Waals surface area contributed by atoms with Gasteiger partial charge in [-0.25, -0.2) is 8.42 Å². The van der Waals surface area contributed by atoms with Gasteiger partial charge in [0.25, 0.3) is 0 Å². The third-order valence-electron chi connectivity index (χ3n) is 2.64. The maximum atomic E-state index is 10.8. The van der Waals surface area contributed by atoms with E-state index in [1.165, 1.54) is 24.3 Å². The molecule has 20 heavy (non-hydrogen) atoms. The van der Waals surface area contributed by atoms with Gasteiger partial charge in [-0.1, -0.05) is 13.3 Å². The molecule has 0 aromatic heterocycles. The van der Waals surface area contributed by atoms with E-state index in [0.29, 0.717) is 5.75 Å². The van der Waals surface area contributed by atoms with Crippen molar-refractivity contribution < 1.29 is 47.3 Å². The smallest absolute Gasteiger partial charge is 0.744 e. The first-order chi connectivity index (χ1) is 8.82. The Morgan fingerprint density at radius 2 is 1.85 bits per heavy atom. The fraction of sp³-hybridized carbons (Fsp3) is 0.538. The molecule has 0 spiro atoms. The maximum Gasteiger partial charge on any atom is 1.00 e. The summed E-state index contributed by atoms with van der Waals surface area (Å²) in [5.74, 6) is 0.528. The van der Waals surface area contributed by atoms with Crippen molar-refractivity contribution in [2.24, 2.45) is 0 Å². The fourth-order valence-corrected chi connectivity index (χ4v) is 2.70. The van der Waals surface area contributed by atoms with Crippen LogP contribution in [0.5, 0.6) is 5.75 Å². The predicted octanol–water partition coefficient (Wildman–Crippen LogP) is 0.160. The molecule has 1 aromatic carbocycles. The molecule has 2 unspecified atom stereocenters. The van der Waals surface area contributed by atoms with E-state index in [1.54, 1.807) is 0 Å². The average Bonchev–Trinajstić information content (AvgIpc) is 2.28. The molecule has 0 saturated heterocycles. The third-order valence-corrected chi connectivity index (χ3v) is 3.89. The molecule has 0 heterocycles. The van der Waals surface area contributed by atoms with Crippen LogP contribution in [-0.4, -0.2) is 24.5 Å². The van der Waals surface area contributed by atoms with Crippen molar-refractivity contribution in [2.75, 3.05) is 0 Å². The molecule has 2 atom stereocenters. The van der Waals surface area contributed by atoms with Gasteiger partial charge in [-0.05, 0) is 37.6 Å². The normalized spacial score (nSPS) is 14.2. The first kappa shape index (κ1) is 20.2. The van der Waals surface area contributed by atoms with Gasteiger partial charge in [0.15, 0.2) is 0 Å². The van der Waals surface area contributed by atoms with Crippen molar-refractivity contribution in [3.63, 3.8) is 0 Å². The van der Waals surface area contributed by atoms with Gasteiger partial charge in [0.05, 0.1) is 11.0 Å². The zero-order valence-electron chi connectivity index (χ0n) is 12.0. The summed E-state index contributed by atoms with van der Waals surface area (Å²) in [6.07, 6.45) is 2.61. The minimum Gasteiger partial charge on any atom is -0.744 e. The number of ether oxygens (including phenoxy) is 1. The molecule has 4 nitrogen and oxygen atoms in total. The summed E-state index contributed by atoms with van der Waals surface area (Å²) in [5, 5.41) is 0.0706. The van der Waals surface area contributed by atoms with Crippen LogP contribution >= 0.6 is 11.6 Å². The molecule has 0 aliphatic carbocycles. The Bertz CT molecular complexity index is 490. The second-order valence-electron chi connectivity index (χ2n) is 4.48. The van der Waals surface area contributed by atoms with Gasteiger partial charge >= 0.3 is 29.6 Å². The van der Waals surface area contributed by atoms with Gasteiger partial charge in [-0.3, -0.25) is 0 Å².